The van der Waals surface area contributed by atoms with Gasteiger partial charge in [-0.1, -0.05) is 0 Å². The quantitative estimate of drug-likeness (QED) is 0.441. The molecule has 1 heterocycles. The number of nitrogens with one attached hydrogen (secondary N) is 1. The Morgan fingerprint density at radius 2 is 1.47 bits per heavy atom. The van der Waals surface area contributed by atoms with E-state index in [1.807, 2.05) is 24.3 Å². The number of methoxy groups -OCH3 is 4. The number of hydrogen-bond acceptors (Lipinski definition) is 9. The van der Waals surface area contributed by atoms with E-state index in [2.05, 4.69) is 11.4 Å². The lowest BCUT2D eigenvalue weighted by atomic mass is 9.65. The van der Waals surface area contributed by atoms with Crippen LogP contribution in [0.4, 0.5) is 5.69 Å². The first kappa shape index (κ1) is 25.1. The average Bonchev–Trinajstić information content (AvgIpc) is 3.33. The molecule has 5 rings (SSSR count). The molecule has 0 unspecified atom stereocenters. The maximum Gasteiger partial charge on any atom is 0.310 e. The summed E-state index contributed by atoms with van der Waals surface area (Å²) in [6.45, 7) is 0.230. The lowest BCUT2D eigenvalue weighted by Gasteiger charge is -2.40. The Balaban J connectivity index is 1.72. The van der Waals surface area contributed by atoms with Gasteiger partial charge in [-0.3, -0.25) is 4.79 Å². The van der Waals surface area contributed by atoms with Crippen molar-refractivity contribution in [3.63, 3.8) is 0 Å². The molecule has 3 aromatic carbocycles. The zero-order chi connectivity index (χ0) is 27.0. The van der Waals surface area contributed by atoms with Crippen LogP contribution in [0.1, 0.15) is 34.2 Å². The number of nitrogens with zero attached hydrogens (tertiary/aromatic N) is 1. The summed E-state index contributed by atoms with van der Waals surface area (Å²) in [4.78, 5) is 13.3. The Hall–Kier alpha value is -4.58. The summed E-state index contributed by atoms with van der Waals surface area (Å²) in [5, 5.41) is 23.3. The molecule has 9 nitrogen and oxygen atoms in total. The van der Waals surface area contributed by atoms with E-state index in [1.165, 1.54) is 14.2 Å². The molecule has 0 spiro atoms. The van der Waals surface area contributed by atoms with Crippen LogP contribution in [-0.2, 0) is 9.53 Å². The molecule has 3 aromatic rings. The zero-order valence-electron chi connectivity index (χ0n) is 21.5. The van der Waals surface area contributed by atoms with Crippen LogP contribution in [0.25, 0.3) is 0 Å². The minimum absolute atomic E-state index is 0.118. The van der Waals surface area contributed by atoms with Gasteiger partial charge in [0.1, 0.15) is 0 Å². The minimum atomic E-state index is -0.532. The number of benzene rings is 3. The van der Waals surface area contributed by atoms with Crippen molar-refractivity contribution >= 4 is 11.7 Å². The molecule has 0 aromatic heterocycles. The van der Waals surface area contributed by atoms with Crippen molar-refractivity contribution in [1.29, 1.82) is 5.26 Å². The number of rotatable bonds is 7. The molecule has 196 valence electrons. The standard InChI is InChI=1S/C29H28N2O7/c1-34-21-11-18-19(12-22(21)35-2)27(31-17-7-5-15(13-30)6-8-17)20-14-38-29(33)26(20)25(18)16-9-23(36-3)28(32)24(10-16)37-4/h5-12,20,25-27,31-32H,14H2,1-4H3/t20-,25+,26-,27+/m0/s1. The first-order valence-electron chi connectivity index (χ1n) is 12.1. The molecule has 1 aliphatic carbocycles. The summed E-state index contributed by atoms with van der Waals surface area (Å²) in [6.07, 6.45) is 0. The number of anilines is 1. The van der Waals surface area contributed by atoms with E-state index in [-0.39, 0.29) is 41.8 Å². The highest BCUT2D eigenvalue weighted by molar-refractivity contribution is 5.79. The Kier molecular flexibility index (Phi) is 6.64. The molecule has 0 saturated carbocycles. The molecule has 4 atom stereocenters. The number of carbonyl (C=O) groups excluding carboxylic acids is 1. The van der Waals surface area contributed by atoms with E-state index < -0.39 is 11.8 Å². The maximum absolute atomic E-state index is 13.3. The third-order valence-corrected chi connectivity index (χ3v) is 7.40. The SMILES string of the molecule is COc1cc2c(cc1OC)[C@@H](Nc1ccc(C#N)cc1)[C@H]1COC(=O)[C@@H]1[C@@H]2c1cc(OC)c(O)c(OC)c1. The number of cyclic esters (lactones) is 1. The number of hydrogen-bond donors (Lipinski definition) is 2. The molecule has 0 amide bonds. The van der Waals surface area contributed by atoms with Crippen molar-refractivity contribution in [2.45, 2.75) is 12.0 Å². The molecule has 0 bridgehead atoms. The van der Waals surface area contributed by atoms with Crippen LogP contribution < -0.4 is 24.3 Å². The number of esters is 1. The molecule has 2 aliphatic rings. The van der Waals surface area contributed by atoms with Crippen LogP contribution in [-0.4, -0.2) is 46.1 Å². The summed E-state index contributed by atoms with van der Waals surface area (Å²) in [5.41, 5.74) is 3.86. The summed E-state index contributed by atoms with van der Waals surface area (Å²) in [5.74, 6) is -0.0606. The number of phenolic OH excluding ortho intramolecular Hbond substituents is 1. The normalized spacial score (nSPS) is 21.4. The highest BCUT2D eigenvalue weighted by Gasteiger charge is 2.52. The molecule has 1 aliphatic heterocycles. The van der Waals surface area contributed by atoms with Gasteiger partial charge in [0, 0.05) is 17.5 Å². The van der Waals surface area contributed by atoms with Gasteiger partial charge >= 0.3 is 5.97 Å². The summed E-state index contributed by atoms with van der Waals surface area (Å²) in [6, 6.07) is 16.3. The van der Waals surface area contributed by atoms with Crippen molar-refractivity contribution in [2.75, 3.05) is 40.4 Å². The van der Waals surface area contributed by atoms with Crippen LogP contribution in [0.3, 0.4) is 0 Å². The highest BCUT2D eigenvalue weighted by Crippen LogP contribution is 2.55. The summed E-state index contributed by atoms with van der Waals surface area (Å²) in [7, 11) is 6.07. The van der Waals surface area contributed by atoms with Gasteiger partial charge in [0.2, 0.25) is 5.75 Å². The maximum atomic E-state index is 13.3. The van der Waals surface area contributed by atoms with Crippen LogP contribution >= 0.6 is 0 Å². The van der Waals surface area contributed by atoms with Crippen molar-refractivity contribution in [1.82, 2.24) is 0 Å². The number of phenols is 1. The third-order valence-electron chi connectivity index (χ3n) is 7.40. The molecule has 9 heteroatoms. The van der Waals surface area contributed by atoms with E-state index in [4.69, 9.17) is 23.7 Å². The van der Waals surface area contributed by atoms with Crippen molar-refractivity contribution in [2.24, 2.45) is 11.8 Å². The molecular weight excluding hydrogens is 488 g/mol. The van der Waals surface area contributed by atoms with E-state index in [1.54, 1.807) is 38.5 Å². The van der Waals surface area contributed by atoms with Gasteiger partial charge in [-0.15, -0.1) is 0 Å². The number of nitriles is 1. The van der Waals surface area contributed by atoms with Gasteiger partial charge < -0.3 is 34.1 Å². The number of carbonyl (C=O) groups is 1. The van der Waals surface area contributed by atoms with E-state index in [0.29, 0.717) is 17.1 Å². The number of fused-ring (bicyclic) bond motifs is 2. The first-order chi connectivity index (χ1) is 18.4. The number of ether oxygens (including phenoxy) is 5. The third kappa shape index (κ3) is 4.08. The fraction of sp³-hybridized carbons (Fsp3) is 0.310. The molecule has 38 heavy (non-hydrogen) atoms. The minimum Gasteiger partial charge on any atom is -0.502 e. The number of aromatic hydroxyl groups is 1. The van der Waals surface area contributed by atoms with Gasteiger partial charge in [-0.25, -0.2) is 0 Å². The molecular formula is C29H28N2O7. The largest absolute Gasteiger partial charge is 0.502 e. The fourth-order valence-corrected chi connectivity index (χ4v) is 5.60. The van der Waals surface area contributed by atoms with Gasteiger partial charge in [0.25, 0.3) is 0 Å². The van der Waals surface area contributed by atoms with E-state index in [9.17, 15) is 15.2 Å². The fourth-order valence-electron chi connectivity index (χ4n) is 5.60. The van der Waals surface area contributed by atoms with Crippen LogP contribution in [0.2, 0.25) is 0 Å². The Labute approximate surface area is 220 Å². The van der Waals surface area contributed by atoms with Gasteiger partial charge in [0.15, 0.2) is 23.0 Å². The molecule has 1 fully saturated rings. The second-order valence-electron chi connectivity index (χ2n) is 9.22. The predicted molar refractivity (Wildman–Crippen MR) is 138 cm³/mol. The highest BCUT2D eigenvalue weighted by atomic mass is 16.5. The molecule has 0 radical (unpaired) electrons. The topological polar surface area (TPSA) is 119 Å². The lowest BCUT2D eigenvalue weighted by molar-refractivity contribution is -0.141. The monoisotopic (exact) mass is 516 g/mol. The Bertz CT molecular complexity index is 1390. The van der Waals surface area contributed by atoms with Crippen LogP contribution in [0.15, 0.2) is 48.5 Å². The second kappa shape index (κ2) is 10.1. The van der Waals surface area contributed by atoms with Gasteiger partial charge in [-0.05, 0) is 65.2 Å². The van der Waals surface area contributed by atoms with Crippen molar-refractivity contribution < 1.29 is 33.6 Å². The van der Waals surface area contributed by atoms with Crippen molar-refractivity contribution in [3.05, 3.63) is 70.8 Å². The van der Waals surface area contributed by atoms with Crippen molar-refractivity contribution in [3.8, 4) is 34.8 Å². The first-order valence-corrected chi connectivity index (χ1v) is 12.1. The van der Waals surface area contributed by atoms with Crippen LogP contribution in [0.5, 0.6) is 28.7 Å². The second-order valence-corrected chi connectivity index (χ2v) is 9.22. The summed E-state index contributed by atoms with van der Waals surface area (Å²) >= 11 is 0. The Morgan fingerprint density at radius 3 is 2.03 bits per heavy atom. The smallest absolute Gasteiger partial charge is 0.310 e. The molecule has 1 saturated heterocycles. The predicted octanol–water partition coefficient (Wildman–Crippen LogP) is 4.39. The van der Waals surface area contributed by atoms with E-state index in [0.717, 1.165) is 22.4 Å². The lowest BCUT2D eigenvalue weighted by Crippen LogP contribution is -2.37. The van der Waals surface area contributed by atoms with Crippen LogP contribution in [0, 0.1) is 23.2 Å². The van der Waals surface area contributed by atoms with Gasteiger partial charge in [0.05, 0.1) is 58.6 Å². The zero-order valence-corrected chi connectivity index (χ0v) is 21.5. The average molecular weight is 517 g/mol. The Morgan fingerprint density at radius 1 is 0.895 bits per heavy atom. The summed E-state index contributed by atoms with van der Waals surface area (Å²) < 4.78 is 27.7. The molecule has 2 N–H and O–H groups in total. The van der Waals surface area contributed by atoms with Gasteiger partial charge in [-0.2, -0.15) is 5.26 Å². The van der Waals surface area contributed by atoms with E-state index >= 15 is 0 Å².